The van der Waals surface area contributed by atoms with Gasteiger partial charge in [-0.25, -0.2) is 0 Å². The number of benzene rings is 1. The first-order valence-electron chi connectivity index (χ1n) is 9.09. The van der Waals surface area contributed by atoms with Gasteiger partial charge in [-0.3, -0.25) is 4.90 Å². The van der Waals surface area contributed by atoms with Crippen LogP contribution >= 0.6 is 0 Å². The molecule has 0 aromatic heterocycles. The summed E-state index contributed by atoms with van der Waals surface area (Å²) in [6.07, 6.45) is 4.51. The Labute approximate surface area is 137 Å². The lowest BCUT2D eigenvalue weighted by atomic mass is 9.65. The van der Waals surface area contributed by atoms with Gasteiger partial charge in [0.15, 0.2) is 0 Å². The summed E-state index contributed by atoms with van der Waals surface area (Å²) in [7, 11) is 2.25. The Morgan fingerprint density at radius 1 is 1.26 bits per heavy atom. The molecule has 3 nitrogen and oxygen atoms in total. The minimum absolute atomic E-state index is 0.0280. The molecule has 0 amide bonds. The van der Waals surface area contributed by atoms with Crippen LogP contribution in [0, 0.1) is 11.8 Å². The molecular formula is C20H24N2O. The molecule has 1 aromatic carbocycles. The van der Waals surface area contributed by atoms with Gasteiger partial charge in [0.25, 0.3) is 0 Å². The summed E-state index contributed by atoms with van der Waals surface area (Å²) in [5.41, 5.74) is 4.32. The van der Waals surface area contributed by atoms with Crippen molar-refractivity contribution in [2.75, 3.05) is 18.5 Å². The standard InChI is InChI=1S/C20H24N2O/c1-3-11-10-22-15-8-12(11)17-16(22)9-20(19(17)23)13-6-4-5-7-14(13)21(2)18(15)20/h3-7,12,15-19,23H,8-10H2,1-2H3/b11-3+/t12-,15+,16-,17+,18+,19+,20+/m0/s1. The molecule has 120 valence electrons. The molecule has 5 fully saturated rings. The topological polar surface area (TPSA) is 26.7 Å². The van der Waals surface area contributed by atoms with E-state index < -0.39 is 0 Å². The number of anilines is 1. The Kier molecular flexibility index (Phi) is 2.17. The SMILES string of the molecule is C/C=C1\CN2[C@@H]3C[C@@H]1[C@H]1[C@@H](O)[C@]4(C[C@@H]12)c1ccccc1N(C)[C@H]34. The molecule has 1 aromatic rings. The zero-order valence-corrected chi connectivity index (χ0v) is 13.8. The van der Waals surface area contributed by atoms with Crippen LogP contribution in [-0.2, 0) is 5.41 Å². The van der Waals surface area contributed by atoms with Crippen LogP contribution in [0.15, 0.2) is 35.9 Å². The number of rotatable bonds is 0. The second kappa shape index (κ2) is 3.84. The Balaban J connectivity index is 1.62. The number of hydrogen-bond acceptors (Lipinski definition) is 3. The number of aliphatic hydroxyl groups excluding tert-OH is 1. The predicted molar refractivity (Wildman–Crippen MR) is 90.6 cm³/mol. The van der Waals surface area contributed by atoms with Crippen molar-refractivity contribution in [1.29, 1.82) is 0 Å². The van der Waals surface area contributed by atoms with Gasteiger partial charge in [-0.15, -0.1) is 0 Å². The van der Waals surface area contributed by atoms with Gasteiger partial charge in [0.2, 0.25) is 0 Å². The molecule has 4 saturated heterocycles. The minimum atomic E-state index is -0.196. The fourth-order valence-electron chi connectivity index (χ4n) is 7.35. The fourth-order valence-corrected chi connectivity index (χ4v) is 7.35. The zero-order valence-electron chi connectivity index (χ0n) is 13.8. The summed E-state index contributed by atoms with van der Waals surface area (Å²) in [5, 5.41) is 11.6. The van der Waals surface area contributed by atoms with Gasteiger partial charge in [-0.2, -0.15) is 0 Å². The highest BCUT2D eigenvalue weighted by Gasteiger charge is 2.74. The summed E-state index contributed by atoms with van der Waals surface area (Å²) < 4.78 is 0. The zero-order chi connectivity index (χ0) is 15.5. The summed E-state index contributed by atoms with van der Waals surface area (Å²) >= 11 is 0. The minimum Gasteiger partial charge on any atom is -0.392 e. The third-order valence-electron chi connectivity index (χ3n) is 8.00. The second-order valence-electron chi connectivity index (χ2n) is 8.35. The molecule has 1 aliphatic carbocycles. The van der Waals surface area contributed by atoms with Crippen molar-refractivity contribution < 1.29 is 5.11 Å². The Morgan fingerprint density at radius 2 is 2.09 bits per heavy atom. The highest BCUT2D eigenvalue weighted by Crippen LogP contribution is 2.67. The van der Waals surface area contributed by atoms with Gasteiger partial charge in [0.1, 0.15) is 0 Å². The lowest BCUT2D eigenvalue weighted by Gasteiger charge is -2.58. The molecule has 1 unspecified atom stereocenters. The number of likely N-dealkylation sites (N-methyl/N-ethyl adjacent to an activating group) is 1. The van der Waals surface area contributed by atoms with Crippen LogP contribution in [0.2, 0.25) is 0 Å². The lowest BCUT2D eigenvalue weighted by molar-refractivity contribution is -0.0345. The number of hydrogen-bond donors (Lipinski definition) is 1. The van der Waals surface area contributed by atoms with E-state index in [1.807, 2.05) is 0 Å². The van der Waals surface area contributed by atoms with Crippen LogP contribution in [-0.4, -0.2) is 47.8 Å². The van der Waals surface area contributed by atoms with Crippen LogP contribution in [0.3, 0.4) is 0 Å². The van der Waals surface area contributed by atoms with Gasteiger partial charge in [0, 0.05) is 42.7 Å². The van der Waals surface area contributed by atoms with Crippen molar-refractivity contribution in [3.8, 4) is 0 Å². The van der Waals surface area contributed by atoms with Gasteiger partial charge in [-0.05, 0) is 37.3 Å². The third-order valence-corrected chi connectivity index (χ3v) is 8.00. The Hall–Kier alpha value is -1.32. The molecule has 7 rings (SSSR count). The summed E-state index contributed by atoms with van der Waals surface area (Å²) in [6.45, 7) is 3.31. The lowest BCUT2D eigenvalue weighted by Crippen LogP contribution is -2.68. The van der Waals surface area contributed by atoms with Crippen molar-refractivity contribution >= 4 is 5.69 Å². The van der Waals surface area contributed by atoms with E-state index in [4.69, 9.17) is 0 Å². The maximum Gasteiger partial charge on any atom is 0.0707 e. The van der Waals surface area contributed by atoms with Crippen LogP contribution in [0.1, 0.15) is 25.3 Å². The molecule has 1 spiro atoms. The number of nitrogens with zero attached hydrogens (tertiary/aromatic N) is 2. The van der Waals surface area contributed by atoms with Crippen LogP contribution < -0.4 is 4.90 Å². The van der Waals surface area contributed by atoms with Crippen molar-refractivity contribution in [2.24, 2.45) is 11.8 Å². The first-order chi connectivity index (χ1) is 11.2. The number of allylic oxidation sites excluding steroid dienone is 1. The molecule has 0 radical (unpaired) electrons. The third kappa shape index (κ3) is 1.17. The van der Waals surface area contributed by atoms with Crippen molar-refractivity contribution in [2.45, 2.75) is 49.4 Å². The van der Waals surface area contributed by atoms with E-state index in [-0.39, 0.29) is 11.5 Å². The summed E-state index contributed by atoms with van der Waals surface area (Å²) in [5.74, 6) is 1.05. The molecule has 1 N–H and O–H groups in total. The predicted octanol–water partition coefficient (Wildman–Crippen LogP) is 2.16. The summed E-state index contributed by atoms with van der Waals surface area (Å²) in [6, 6.07) is 10.5. The molecular weight excluding hydrogens is 284 g/mol. The first-order valence-corrected chi connectivity index (χ1v) is 9.09. The number of para-hydroxylation sites is 1. The van der Waals surface area contributed by atoms with E-state index in [1.165, 1.54) is 17.7 Å². The summed E-state index contributed by atoms with van der Waals surface area (Å²) in [4.78, 5) is 5.25. The first kappa shape index (κ1) is 13.0. The van der Waals surface area contributed by atoms with Gasteiger partial charge < -0.3 is 10.0 Å². The molecule has 5 aliphatic heterocycles. The van der Waals surface area contributed by atoms with E-state index in [2.05, 4.69) is 54.1 Å². The molecule has 23 heavy (non-hydrogen) atoms. The van der Waals surface area contributed by atoms with E-state index in [0.717, 1.165) is 13.0 Å². The Morgan fingerprint density at radius 3 is 2.91 bits per heavy atom. The number of fused-ring (bicyclic) bond motifs is 2. The van der Waals surface area contributed by atoms with Crippen molar-refractivity contribution in [3.05, 3.63) is 41.5 Å². The number of aliphatic hydroxyl groups is 1. The highest BCUT2D eigenvalue weighted by atomic mass is 16.3. The van der Waals surface area contributed by atoms with E-state index in [9.17, 15) is 5.11 Å². The molecule has 5 bridgehead atoms. The normalized spacial score (nSPS) is 53.1. The smallest absolute Gasteiger partial charge is 0.0707 e. The Bertz CT molecular complexity index is 743. The monoisotopic (exact) mass is 308 g/mol. The highest BCUT2D eigenvalue weighted by molar-refractivity contribution is 5.67. The fraction of sp³-hybridized carbons (Fsp3) is 0.600. The average Bonchev–Trinajstić information content (AvgIpc) is 2.98. The van der Waals surface area contributed by atoms with E-state index >= 15 is 0 Å². The maximum absolute atomic E-state index is 11.6. The van der Waals surface area contributed by atoms with Crippen molar-refractivity contribution in [1.82, 2.24) is 4.90 Å². The van der Waals surface area contributed by atoms with Crippen LogP contribution in [0.5, 0.6) is 0 Å². The molecule has 1 saturated carbocycles. The van der Waals surface area contributed by atoms with Gasteiger partial charge in [0.05, 0.1) is 12.1 Å². The van der Waals surface area contributed by atoms with Gasteiger partial charge >= 0.3 is 0 Å². The second-order valence-corrected chi connectivity index (χ2v) is 8.35. The number of piperidine rings is 4. The molecule has 3 heteroatoms. The average molecular weight is 308 g/mol. The van der Waals surface area contributed by atoms with Crippen LogP contribution in [0.25, 0.3) is 0 Å². The quantitative estimate of drug-likeness (QED) is 0.744. The largest absolute Gasteiger partial charge is 0.392 e. The molecule has 5 heterocycles. The maximum atomic E-state index is 11.6. The van der Waals surface area contributed by atoms with Crippen molar-refractivity contribution in [3.63, 3.8) is 0 Å². The van der Waals surface area contributed by atoms with E-state index in [0.29, 0.717) is 30.0 Å². The van der Waals surface area contributed by atoms with Crippen LogP contribution in [0.4, 0.5) is 5.69 Å². The molecule has 8 atom stereocenters. The van der Waals surface area contributed by atoms with Gasteiger partial charge in [-0.1, -0.05) is 29.8 Å². The molecule has 6 aliphatic rings. The van der Waals surface area contributed by atoms with E-state index in [1.54, 1.807) is 5.57 Å².